The number of hydrogen-bond acceptors (Lipinski definition) is 14. The molecule has 0 saturated heterocycles. The Labute approximate surface area is 536 Å². The van der Waals surface area contributed by atoms with E-state index in [2.05, 4.69) is 20.4 Å². The first-order valence-electron chi connectivity index (χ1n) is 34.3. The molecule has 14 nitrogen and oxygen atoms in total. The average molecular weight is 1240 g/mol. The predicted octanol–water partition coefficient (Wildman–Crippen LogP) is 18.2. The van der Waals surface area contributed by atoms with Crippen molar-refractivity contribution in [1.29, 1.82) is 0 Å². The van der Waals surface area contributed by atoms with Gasteiger partial charge in [0.05, 0.1) is 78.2 Å². The maximum absolute atomic E-state index is 13.9. The lowest BCUT2D eigenvalue weighted by atomic mass is 10.1. The van der Waals surface area contributed by atoms with Gasteiger partial charge in [-0.15, -0.1) is 0 Å². The standard InChI is InChI=1S/C75H114O14/c1-5-7-9-11-13-15-18-22-26-30-47-82-68-40-34-64(35-41-68)60-87-71-58-67(75(78)86-57-56-81-55-54-80-53-52-79-51-46-76)59-72(88-61-65-36-42-69(43-37-65)83-48-31-27-23-19-16-14-12-10-8-6-2)73(71)89-62-66-38-44-70(45-39-66)84-49-32-28-24-20-17-21-25-29-33-50-85-74(77)63(3)4/h34-45,58-59,76H,3,5-33,46-57,60-62H2,1-2,4H3. The fraction of sp³-hybridized carbons (Fsp3) is 0.627. The van der Waals surface area contributed by atoms with Crippen molar-refractivity contribution in [3.63, 3.8) is 0 Å². The molecular formula is C75H114O14. The number of benzene rings is 4. The molecule has 0 saturated carbocycles. The summed E-state index contributed by atoms with van der Waals surface area (Å²) >= 11 is 0. The molecule has 4 aromatic carbocycles. The Kier molecular flexibility index (Phi) is 44.1. The SMILES string of the molecule is C=C(C)C(=O)OCCCCCCCCCCCOc1ccc(COc2c(OCc3ccc(OCCCCCCCCCCCC)cc3)cc(C(=O)OCCOCCOCCOCCO)cc2OCc2ccc(OCCCCCCCCCCCC)cc2)cc1. The molecule has 1 N–H and O–H groups in total. The topological polar surface area (TPSA) is 156 Å². The molecule has 0 aromatic heterocycles. The number of carbonyl (C=O) groups excluding carboxylic acids is 2. The van der Waals surface area contributed by atoms with Crippen LogP contribution in [0.3, 0.4) is 0 Å². The Hall–Kier alpha value is -5.80. The second kappa shape index (κ2) is 51.9. The van der Waals surface area contributed by atoms with Crippen LogP contribution in [0.1, 0.15) is 234 Å². The predicted molar refractivity (Wildman–Crippen MR) is 356 cm³/mol. The fourth-order valence-electron chi connectivity index (χ4n) is 9.94. The van der Waals surface area contributed by atoms with Crippen molar-refractivity contribution in [3.05, 3.63) is 119 Å². The number of ether oxygens (including phenoxy) is 11. The summed E-state index contributed by atoms with van der Waals surface area (Å²) in [4.78, 5) is 25.4. The van der Waals surface area contributed by atoms with Gasteiger partial charge in [-0.3, -0.25) is 0 Å². The van der Waals surface area contributed by atoms with E-state index in [4.69, 9.17) is 57.2 Å². The van der Waals surface area contributed by atoms with Gasteiger partial charge in [0.2, 0.25) is 5.75 Å². The minimum Gasteiger partial charge on any atom is -0.494 e. The van der Waals surface area contributed by atoms with E-state index in [9.17, 15) is 9.59 Å². The highest BCUT2D eigenvalue weighted by Gasteiger charge is 2.21. The lowest BCUT2D eigenvalue weighted by Gasteiger charge is -2.19. The zero-order valence-electron chi connectivity index (χ0n) is 55.2. The van der Waals surface area contributed by atoms with E-state index in [1.165, 1.54) is 141 Å². The Morgan fingerprint density at radius 2 is 0.674 bits per heavy atom. The van der Waals surface area contributed by atoms with Gasteiger partial charge >= 0.3 is 11.9 Å². The maximum atomic E-state index is 13.9. The fourth-order valence-corrected chi connectivity index (χ4v) is 9.94. The number of rotatable bonds is 59. The second-order valence-corrected chi connectivity index (χ2v) is 23.3. The molecule has 0 amide bonds. The van der Waals surface area contributed by atoms with Crippen LogP contribution >= 0.6 is 0 Å². The summed E-state index contributed by atoms with van der Waals surface area (Å²) < 4.78 is 65.6. The van der Waals surface area contributed by atoms with Crippen molar-refractivity contribution < 1.29 is 66.8 Å². The number of unbranched alkanes of at least 4 members (excludes halogenated alkanes) is 26. The van der Waals surface area contributed by atoms with E-state index in [1.54, 1.807) is 19.1 Å². The molecule has 14 heteroatoms. The highest BCUT2D eigenvalue weighted by atomic mass is 16.6. The van der Waals surface area contributed by atoms with Crippen LogP contribution in [-0.2, 0) is 48.3 Å². The lowest BCUT2D eigenvalue weighted by molar-refractivity contribution is -0.139. The first kappa shape index (κ1) is 75.7. The Balaban J connectivity index is 1.40. The summed E-state index contributed by atoms with van der Waals surface area (Å²) in [6.45, 7) is 14.7. The lowest BCUT2D eigenvalue weighted by Crippen LogP contribution is -2.15. The highest BCUT2D eigenvalue weighted by Crippen LogP contribution is 2.41. The number of carbonyl (C=O) groups is 2. The minimum absolute atomic E-state index is 0.0190. The molecule has 0 aliphatic heterocycles. The zero-order valence-corrected chi connectivity index (χ0v) is 55.2. The summed E-state index contributed by atoms with van der Waals surface area (Å²) in [6.07, 6.45) is 35.5. The average Bonchev–Trinajstić information content (AvgIpc) is 3.58. The third kappa shape index (κ3) is 37.8. The molecule has 0 unspecified atom stereocenters. The molecule has 4 aromatic rings. The number of aliphatic hydroxyl groups excluding tert-OH is 1. The van der Waals surface area contributed by atoms with Crippen molar-refractivity contribution in [3.8, 4) is 34.5 Å². The summed E-state index contributed by atoms with van der Waals surface area (Å²) in [5.74, 6) is 2.53. The Bertz CT molecular complexity index is 2280. The maximum Gasteiger partial charge on any atom is 0.338 e. The van der Waals surface area contributed by atoms with Crippen molar-refractivity contribution in [2.24, 2.45) is 0 Å². The third-order valence-electron chi connectivity index (χ3n) is 15.3. The first-order chi connectivity index (χ1) is 43.8. The first-order valence-corrected chi connectivity index (χ1v) is 34.3. The molecule has 0 aliphatic rings. The number of aliphatic hydroxyl groups is 1. The summed E-state index contributed by atoms with van der Waals surface area (Å²) in [6, 6.07) is 27.1. The highest BCUT2D eigenvalue weighted by molar-refractivity contribution is 5.91. The van der Waals surface area contributed by atoms with Crippen molar-refractivity contribution >= 4 is 11.9 Å². The molecule has 0 atom stereocenters. The van der Waals surface area contributed by atoms with E-state index in [-0.39, 0.29) is 57.8 Å². The smallest absolute Gasteiger partial charge is 0.338 e. The molecule has 4 rings (SSSR count). The summed E-state index contributed by atoms with van der Waals surface area (Å²) in [5, 5.41) is 8.90. The van der Waals surface area contributed by atoms with Crippen molar-refractivity contribution in [1.82, 2.24) is 0 Å². The van der Waals surface area contributed by atoms with Gasteiger partial charge < -0.3 is 57.2 Å². The van der Waals surface area contributed by atoms with Crippen LogP contribution in [0.4, 0.5) is 0 Å². The van der Waals surface area contributed by atoms with Gasteiger partial charge in [0.25, 0.3) is 0 Å². The van der Waals surface area contributed by atoms with E-state index < -0.39 is 5.97 Å². The van der Waals surface area contributed by atoms with Gasteiger partial charge in [-0.1, -0.05) is 217 Å². The molecular weight excluding hydrogens is 1120 g/mol. The Morgan fingerprint density at radius 3 is 1.02 bits per heavy atom. The largest absolute Gasteiger partial charge is 0.494 e. The Morgan fingerprint density at radius 1 is 0.360 bits per heavy atom. The van der Waals surface area contributed by atoms with Crippen LogP contribution in [-0.4, -0.2) is 96.3 Å². The number of esters is 2. The van der Waals surface area contributed by atoms with Gasteiger partial charge in [0.15, 0.2) is 11.5 Å². The molecule has 89 heavy (non-hydrogen) atoms. The number of hydrogen-bond donors (Lipinski definition) is 1. The minimum atomic E-state index is -0.570. The molecule has 0 aliphatic carbocycles. The van der Waals surface area contributed by atoms with Crippen LogP contribution in [0.25, 0.3) is 0 Å². The van der Waals surface area contributed by atoms with Crippen LogP contribution in [0.15, 0.2) is 97.1 Å². The van der Waals surface area contributed by atoms with E-state index in [0.717, 1.165) is 78.9 Å². The van der Waals surface area contributed by atoms with Crippen LogP contribution in [0.2, 0.25) is 0 Å². The van der Waals surface area contributed by atoms with Gasteiger partial charge in [0.1, 0.15) is 43.7 Å². The van der Waals surface area contributed by atoms with Gasteiger partial charge in [-0.2, -0.15) is 0 Å². The van der Waals surface area contributed by atoms with Crippen LogP contribution < -0.4 is 28.4 Å². The monoisotopic (exact) mass is 1240 g/mol. The zero-order chi connectivity index (χ0) is 63.3. The second-order valence-electron chi connectivity index (χ2n) is 23.3. The van der Waals surface area contributed by atoms with Crippen molar-refractivity contribution in [2.45, 2.75) is 227 Å². The van der Waals surface area contributed by atoms with E-state index in [1.807, 2.05) is 72.8 Å². The third-order valence-corrected chi connectivity index (χ3v) is 15.3. The molecule has 498 valence electrons. The molecule has 0 heterocycles. The molecule has 0 bridgehead atoms. The quantitative estimate of drug-likeness (QED) is 0.0253. The molecule has 0 fully saturated rings. The summed E-state index contributed by atoms with van der Waals surface area (Å²) in [7, 11) is 0. The van der Waals surface area contributed by atoms with Gasteiger partial charge in [-0.05, 0) is 97.8 Å². The molecule has 0 spiro atoms. The summed E-state index contributed by atoms with van der Waals surface area (Å²) in [5.41, 5.74) is 3.40. The van der Waals surface area contributed by atoms with Crippen LogP contribution in [0, 0.1) is 0 Å². The van der Waals surface area contributed by atoms with Gasteiger partial charge in [-0.25, -0.2) is 9.59 Å². The van der Waals surface area contributed by atoms with E-state index >= 15 is 0 Å². The molecule has 0 radical (unpaired) electrons. The normalized spacial score (nSPS) is 11.1. The van der Waals surface area contributed by atoms with Crippen LogP contribution in [0.5, 0.6) is 34.5 Å². The van der Waals surface area contributed by atoms with E-state index in [0.29, 0.717) is 75.7 Å². The van der Waals surface area contributed by atoms with Crippen molar-refractivity contribution in [2.75, 3.05) is 79.3 Å². The van der Waals surface area contributed by atoms with Gasteiger partial charge in [0, 0.05) is 5.57 Å².